The molecule has 0 fully saturated rings. The fourth-order valence-electron chi connectivity index (χ4n) is 2.65. The quantitative estimate of drug-likeness (QED) is 0.692. The number of anilines is 1. The Morgan fingerprint density at radius 3 is 2.53 bits per heavy atom. The van der Waals surface area contributed by atoms with Crippen LogP contribution in [0.2, 0.25) is 0 Å². The fourth-order valence-corrected chi connectivity index (χ4v) is 2.65. The minimum absolute atomic E-state index is 0.229. The number of aryl methyl sites for hydroxylation is 1. The van der Waals surface area contributed by atoms with Gasteiger partial charge in [0.2, 0.25) is 0 Å². The average Bonchev–Trinajstić information content (AvgIpc) is 2.38. The number of para-hydroxylation sites is 1. The first kappa shape index (κ1) is 12.5. The molecule has 0 spiro atoms. The van der Waals surface area contributed by atoms with Gasteiger partial charge in [-0.1, -0.05) is 51.8 Å². The van der Waals surface area contributed by atoms with Crippen molar-refractivity contribution in [3.63, 3.8) is 0 Å². The molecule has 1 heterocycles. The van der Waals surface area contributed by atoms with E-state index in [0.717, 1.165) is 6.54 Å². The van der Waals surface area contributed by atoms with Crippen molar-refractivity contribution in [3.05, 3.63) is 29.3 Å². The lowest BCUT2D eigenvalue weighted by atomic mass is 9.84. The van der Waals surface area contributed by atoms with Gasteiger partial charge in [-0.3, -0.25) is 0 Å². The number of benzene rings is 1. The first-order chi connectivity index (χ1) is 8.09. The molecule has 94 valence electrons. The molecule has 1 nitrogen and oxygen atoms in total. The van der Waals surface area contributed by atoms with Crippen LogP contribution in [0.25, 0.3) is 0 Å². The molecule has 0 atom stereocenters. The van der Waals surface area contributed by atoms with Gasteiger partial charge in [-0.15, -0.1) is 0 Å². The second-order valence-corrected chi connectivity index (χ2v) is 6.18. The van der Waals surface area contributed by atoms with Crippen molar-refractivity contribution in [1.29, 1.82) is 0 Å². The molecule has 1 aliphatic heterocycles. The van der Waals surface area contributed by atoms with Gasteiger partial charge in [0.25, 0.3) is 0 Å². The lowest BCUT2D eigenvalue weighted by Crippen LogP contribution is -2.16. The summed E-state index contributed by atoms with van der Waals surface area (Å²) in [5, 5.41) is 3.68. The van der Waals surface area contributed by atoms with Crippen molar-refractivity contribution in [2.24, 2.45) is 0 Å². The molecule has 0 saturated heterocycles. The predicted octanol–water partition coefficient (Wildman–Crippen LogP) is 4.51. The molecule has 0 amide bonds. The lowest BCUT2D eigenvalue weighted by Gasteiger charge is -2.25. The van der Waals surface area contributed by atoms with Gasteiger partial charge in [0.1, 0.15) is 0 Å². The fraction of sp³-hybridized carbons (Fsp3) is 0.625. The van der Waals surface area contributed by atoms with Crippen molar-refractivity contribution in [3.8, 4) is 0 Å². The van der Waals surface area contributed by atoms with Crippen molar-refractivity contribution in [1.82, 2.24) is 0 Å². The summed E-state index contributed by atoms with van der Waals surface area (Å²) in [6.07, 6.45) is 6.61. The van der Waals surface area contributed by atoms with Gasteiger partial charge < -0.3 is 5.32 Å². The van der Waals surface area contributed by atoms with Gasteiger partial charge in [0, 0.05) is 12.2 Å². The van der Waals surface area contributed by atoms with Crippen LogP contribution in [0, 0.1) is 0 Å². The Kier molecular flexibility index (Phi) is 3.76. The maximum absolute atomic E-state index is 3.68. The highest BCUT2D eigenvalue weighted by atomic mass is 14.9. The smallest absolute Gasteiger partial charge is 0.0410 e. The molecule has 1 aromatic carbocycles. The second kappa shape index (κ2) is 5.12. The van der Waals surface area contributed by atoms with Gasteiger partial charge in [-0.2, -0.15) is 0 Å². The maximum Gasteiger partial charge on any atom is 0.0410 e. The molecule has 0 saturated carbocycles. The van der Waals surface area contributed by atoms with Crippen LogP contribution in [0.15, 0.2) is 18.2 Å². The van der Waals surface area contributed by atoms with E-state index in [1.807, 2.05) is 0 Å². The molecule has 2 rings (SSSR count). The summed E-state index contributed by atoms with van der Waals surface area (Å²) < 4.78 is 0. The van der Waals surface area contributed by atoms with Gasteiger partial charge in [-0.25, -0.2) is 0 Å². The van der Waals surface area contributed by atoms with E-state index in [2.05, 4.69) is 44.3 Å². The summed E-state index contributed by atoms with van der Waals surface area (Å²) in [6, 6.07) is 6.80. The van der Waals surface area contributed by atoms with E-state index >= 15 is 0 Å². The van der Waals surface area contributed by atoms with Crippen LogP contribution < -0.4 is 5.32 Å². The summed E-state index contributed by atoms with van der Waals surface area (Å²) in [5.74, 6) is 0. The van der Waals surface area contributed by atoms with Crippen molar-refractivity contribution >= 4 is 5.69 Å². The van der Waals surface area contributed by atoms with E-state index in [1.54, 1.807) is 0 Å². The molecule has 1 aliphatic rings. The molecule has 1 heteroatoms. The zero-order valence-electron chi connectivity index (χ0n) is 11.5. The van der Waals surface area contributed by atoms with Gasteiger partial charge in [-0.05, 0) is 35.8 Å². The molecule has 0 unspecified atom stereocenters. The van der Waals surface area contributed by atoms with Crippen LogP contribution in [0.5, 0.6) is 0 Å². The summed E-state index contributed by atoms with van der Waals surface area (Å²) in [7, 11) is 0. The zero-order chi connectivity index (χ0) is 12.3. The number of hydrogen-bond donors (Lipinski definition) is 1. The van der Waals surface area contributed by atoms with Crippen LogP contribution in [0.3, 0.4) is 0 Å². The minimum atomic E-state index is 0.229. The molecule has 17 heavy (non-hydrogen) atoms. The Labute approximate surface area is 106 Å². The topological polar surface area (TPSA) is 12.0 Å². The van der Waals surface area contributed by atoms with Crippen molar-refractivity contribution in [2.75, 3.05) is 11.9 Å². The maximum atomic E-state index is 3.68. The zero-order valence-corrected chi connectivity index (χ0v) is 11.5. The standard InChI is InChI=1S/C16H25N/c1-16(2,3)14-11-8-10-13-9-6-4-5-7-12-17-15(13)14/h8,10-11,17H,4-7,9,12H2,1-3H3. The number of rotatable bonds is 0. The molecular weight excluding hydrogens is 206 g/mol. The van der Waals surface area contributed by atoms with Gasteiger partial charge in [0.15, 0.2) is 0 Å². The molecule has 1 N–H and O–H groups in total. The molecule has 0 bridgehead atoms. The van der Waals surface area contributed by atoms with E-state index in [9.17, 15) is 0 Å². The Balaban J connectivity index is 2.39. The van der Waals surface area contributed by atoms with Gasteiger partial charge >= 0.3 is 0 Å². The molecule has 1 aromatic rings. The average molecular weight is 231 g/mol. The third kappa shape index (κ3) is 3.02. The highest BCUT2D eigenvalue weighted by Crippen LogP contribution is 2.33. The lowest BCUT2D eigenvalue weighted by molar-refractivity contribution is 0.590. The van der Waals surface area contributed by atoms with Gasteiger partial charge in [0.05, 0.1) is 0 Å². The van der Waals surface area contributed by atoms with Crippen LogP contribution in [0.4, 0.5) is 5.69 Å². The Bertz CT molecular complexity index is 374. The molecule has 0 radical (unpaired) electrons. The second-order valence-electron chi connectivity index (χ2n) is 6.18. The molecule has 0 aromatic heterocycles. The van der Waals surface area contributed by atoms with Crippen LogP contribution in [-0.4, -0.2) is 6.54 Å². The third-order valence-corrected chi connectivity index (χ3v) is 3.63. The Morgan fingerprint density at radius 2 is 1.76 bits per heavy atom. The highest BCUT2D eigenvalue weighted by Gasteiger charge is 2.20. The SMILES string of the molecule is CC(C)(C)c1cccc2c1NCCCCCC2. The summed E-state index contributed by atoms with van der Waals surface area (Å²) in [5.41, 5.74) is 4.63. The van der Waals surface area contributed by atoms with E-state index in [4.69, 9.17) is 0 Å². The van der Waals surface area contributed by atoms with Crippen LogP contribution in [0.1, 0.15) is 57.6 Å². The largest absolute Gasteiger partial charge is 0.385 e. The molecule has 0 aliphatic carbocycles. The monoisotopic (exact) mass is 231 g/mol. The summed E-state index contributed by atoms with van der Waals surface area (Å²) >= 11 is 0. The van der Waals surface area contributed by atoms with E-state index in [0.29, 0.717) is 0 Å². The Morgan fingerprint density at radius 1 is 1.00 bits per heavy atom. The minimum Gasteiger partial charge on any atom is -0.385 e. The summed E-state index contributed by atoms with van der Waals surface area (Å²) in [4.78, 5) is 0. The highest BCUT2D eigenvalue weighted by molar-refractivity contribution is 5.60. The molecular formula is C16H25N. The van der Waals surface area contributed by atoms with Crippen molar-refractivity contribution in [2.45, 2.75) is 58.3 Å². The van der Waals surface area contributed by atoms with E-state index < -0.39 is 0 Å². The van der Waals surface area contributed by atoms with Crippen LogP contribution >= 0.6 is 0 Å². The van der Waals surface area contributed by atoms with E-state index in [1.165, 1.54) is 48.9 Å². The van der Waals surface area contributed by atoms with Crippen molar-refractivity contribution < 1.29 is 0 Å². The Hall–Kier alpha value is -0.980. The third-order valence-electron chi connectivity index (χ3n) is 3.63. The number of fused-ring (bicyclic) bond motifs is 1. The van der Waals surface area contributed by atoms with E-state index in [-0.39, 0.29) is 5.41 Å². The predicted molar refractivity (Wildman–Crippen MR) is 75.8 cm³/mol. The first-order valence-electron chi connectivity index (χ1n) is 6.95. The number of hydrogen-bond acceptors (Lipinski definition) is 1. The normalized spacial score (nSPS) is 17.4. The van der Waals surface area contributed by atoms with Crippen LogP contribution in [-0.2, 0) is 11.8 Å². The first-order valence-corrected chi connectivity index (χ1v) is 6.95. The summed E-state index contributed by atoms with van der Waals surface area (Å²) in [6.45, 7) is 8.03. The number of nitrogens with one attached hydrogen (secondary N) is 1.